The fraction of sp³-hybridized carbons (Fsp3) is 0.923. The summed E-state index contributed by atoms with van der Waals surface area (Å²) < 4.78 is 10.4. The molecule has 0 radical (unpaired) electrons. The molecule has 0 saturated heterocycles. The monoisotopic (exact) mass is 274 g/mol. The van der Waals surface area contributed by atoms with Gasteiger partial charge in [-0.15, -0.1) is 0 Å². The SMILES string of the molecule is COCCNC(=O)CNCC(O)COC1CCCC1. The molecule has 1 unspecified atom stereocenters. The normalized spacial score (nSPS) is 17.6. The Morgan fingerprint density at radius 1 is 1.42 bits per heavy atom. The first kappa shape index (κ1) is 16.4. The fourth-order valence-electron chi connectivity index (χ4n) is 2.07. The van der Waals surface area contributed by atoms with Crippen molar-refractivity contribution in [3.8, 4) is 0 Å². The molecule has 0 aliphatic heterocycles. The summed E-state index contributed by atoms with van der Waals surface area (Å²) in [5.41, 5.74) is 0. The van der Waals surface area contributed by atoms with Gasteiger partial charge < -0.3 is 25.2 Å². The van der Waals surface area contributed by atoms with E-state index in [0.717, 1.165) is 12.8 Å². The number of amides is 1. The Labute approximate surface area is 114 Å². The van der Waals surface area contributed by atoms with Gasteiger partial charge in [-0.25, -0.2) is 0 Å². The second kappa shape index (κ2) is 10.1. The molecule has 6 heteroatoms. The Morgan fingerprint density at radius 3 is 2.84 bits per heavy atom. The molecule has 0 aromatic heterocycles. The van der Waals surface area contributed by atoms with E-state index in [1.54, 1.807) is 7.11 Å². The Kier molecular flexibility index (Phi) is 8.73. The quantitative estimate of drug-likeness (QED) is 0.475. The van der Waals surface area contributed by atoms with Gasteiger partial charge in [-0.1, -0.05) is 12.8 Å². The molecule has 0 bridgehead atoms. The van der Waals surface area contributed by atoms with Crippen LogP contribution in [0.5, 0.6) is 0 Å². The lowest BCUT2D eigenvalue weighted by molar-refractivity contribution is -0.120. The standard InChI is InChI=1S/C13H26N2O4/c1-18-7-6-15-13(17)9-14-8-11(16)10-19-12-4-2-3-5-12/h11-12,14,16H,2-10H2,1H3,(H,15,17). The van der Waals surface area contributed by atoms with Gasteiger partial charge >= 0.3 is 0 Å². The predicted molar refractivity (Wildman–Crippen MR) is 72.0 cm³/mol. The molecule has 1 rings (SSSR count). The van der Waals surface area contributed by atoms with E-state index in [4.69, 9.17) is 9.47 Å². The van der Waals surface area contributed by atoms with Crippen LogP contribution < -0.4 is 10.6 Å². The molecule has 1 amide bonds. The van der Waals surface area contributed by atoms with Crippen LogP contribution in [0, 0.1) is 0 Å². The van der Waals surface area contributed by atoms with Crippen LogP contribution in [0.4, 0.5) is 0 Å². The first-order chi connectivity index (χ1) is 9.22. The minimum atomic E-state index is -0.563. The molecular formula is C13H26N2O4. The molecule has 0 heterocycles. The Morgan fingerprint density at radius 2 is 2.16 bits per heavy atom. The van der Waals surface area contributed by atoms with E-state index in [1.807, 2.05) is 0 Å². The zero-order valence-corrected chi connectivity index (χ0v) is 11.7. The van der Waals surface area contributed by atoms with Crippen LogP contribution in [0.15, 0.2) is 0 Å². The first-order valence-electron chi connectivity index (χ1n) is 6.98. The average molecular weight is 274 g/mol. The Hall–Kier alpha value is -0.690. The van der Waals surface area contributed by atoms with Crippen LogP contribution in [0.2, 0.25) is 0 Å². The van der Waals surface area contributed by atoms with Crippen molar-refractivity contribution in [1.82, 2.24) is 10.6 Å². The van der Waals surface area contributed by atoms with Crippen molar-refractivity contribution in [2.24, 2.45) is 0 Å². The number of carbonyl (C=O) groups is 1. The van der Waals surface area contributed by atoms with Crippen molar-refractivity contribution < 1.29 is 19.4 Å². The zero-order chi connectivity index (χ0) is 13.9. The predicted octanol–water partition coefficient (Wildman–Crippen LogP) is -0.341. The van der Waals surface area contributed by atoms with Crippen LogP contribution in [0.25, 0.3) is 0 Å². The third kappa shape index (κ3) is 8.15. The van der Waals surface area contributed by atoms with Gasteiger partial charge in [0.25, 0.3) is 0 Å². The van der Waals surface area contributed by atoms with Gasteiger partial charge in [0.2, 0.25) is 5.91 Å². The van der Waals surface area contributed by atoms with Crippen LogP contribution in [-0.2, 0) is 14.3 Å². The van der Waals surface area contributed by atoms with E-state index in [0.29, 0.717) is 32.4 Å². The summed E-state index contributed by atoms with van der Waals surface area (Å²) in [6, 6.07) is 0. The molecule has 1 aliphatic rings. The van der Waals surface area contributed by atoms with Crippen LogP contribution in [0.3, 0.4) is 0 Å². The number of aliphatic hydroxyl groups is 1. The number of nitrogens with one attached hydrogen (secondary N) is 2. The Bertz CT molecular complexity index is 245. The van der Waals surface area contributed by atoms with Crippen LogP contribution in [0.1, 0.15) is 25.7 Å². The molecule has 112 valence electrons. The third-order valence-electron chi connectivity index (χ3n) is 3.12. The van der Waals surface area contributed by atoms with Crippen molar-refractivity contribution in [3.05, 3.63) is 0 Å². The van der Waals surface area contributed by atoms with Crippen LogP contribution in [-0.4, -0.2) is 63.2 Å². The number of carbonyl (C=O) groups excluding carboxylic acids is 1. The van der Waals surface area contributed by atoms with Gasteiger partial charge in [-0.2, -0.15) is 0 Å². The molecule has 1 atom stereocenters. The van der Waals surface area contributed by atoms with Crippen molar-refractivity contribution in [1.29, 1.82) is 0 Å². The van der Waals surface area contributed by atoms with E-state index in [2.05, 4.69) is 10.6 Å². The summed E-state index contributed by atoms with van der Waals surface area (Å²) >= 11 is 0. The molecule has 1 aliphatic carbocycles. The highest BCUT2D eigenvalue weighted by atomic mass is 16.5. The highest BCUT2D eigenvalue weighted by Crippen LogP contribution is 2.20. The molecule has 0 aromatic carbocycles. The number of hydrogen-bond donors (Lipinski definition) is 3. The average Bonchev–Trinajstić information content (AvgIpc) is 2.90. The van der Waals surface area contributed by atoms with Gasteiger partial charge in [0.1, 0.15) is 0 Å². The molecule has 6 nitrogen and oxygen atoms in total. The molecule has 1 fully saturated rings. The van der Waals surface area contributed by atoms with E-state index in [-0.39, 0.29) is 12.5 Å². The second-order valence-corrected chi connectivity index (χ2v) is 4.87. The van der Waals surface area contributed by atoms with E-state index in [9.17, 15) is 9.90 Å². The molecule has 0 aromatic rings. The third-order valence-corrected chi connectivity index (χ3v) is 3.12. The largest absolute Gasteiger partial charge is 0.389 e. The summed E-state index contributed by atoms with van der Waals surface area (Å²) in [7, 11) is 1.59. The van der Waals surface area contributed by atoms with Crippen molar-refractivity contribution >= 4 is 5.91 Å². The highest BCUT2D eigenvalue weighted by Gasteiger charge is 2.16. The van der Waals surface area contributed by atoms with E-state index >= 15 is 0 Å². The molecular weight excluding hydrogens is 248 g/mol. The topological polar surface area (TPSA) is 79.8 Å². The van der Waals surface area contributed by atoms with E-state index in [1.165, 1.54) is 12.8 Å². The minimum Gasteiger partial charge on any atom is -0.389 e. The maximum Gasteiger partial charge on any atom is 0.234 e. The number of methoxy groups -OCH3 is 1. The summed E-state index contributed by atoms with van der Waals surface area (Å²) in [5, 5.41) is 15.3. The fourth-order valence-corrected chi connectivity index (χ4v) is 2.07. The summed E-state index contributed by atoms with van der Waals surface area (Å²) in [4.78, 5) is 11.3. The number of ether oxygens (including phenoxy) is 2. The lowest BCUT2D eigenvalue weighted by Crippen LogP contribution is -2.39. The van der Waals surface area contributed by atoms with Gasteiger partial charge in [-0.05, 0) is 12.8 Å². The molecule has 3 N–H and O–H groups in total. The van der Waals surface area contributed by atoms with Gasteiger partial charge in [0.15, 0.2) is 0 Å². The lowest BCUT2D eigenvalue weighted by Gasteiger charge is -2.15. The summed E-state index contributed by atoms with van der Waals surface area (Å²) in [6.07, 6.45) is 4.39. The Balaban J connectivity index is 1.93. The summed E-state index contributed by atoms with van der Waals surface area (Å²) in [6.45, 7) is 1.91. The first-order valence-corrected chi connectivity index (χ1v) is 6.98. The maximum absolute atomic E-state index is 11.3. The van der Waals surface area contributed by atoms with E-state index < -0.39 is 6.10 Å². The second-order valence-electron chi connectivity index (χ2n) is 4.87. The van der Waals surface area contributed by atoms with Gasteiger partial charge in [0, 0.05) is 20.2 Å². The minimum absolute atomic E-state index is 0.0963. The van der Waals surface area contributed by atoms with Gasteiger partial charge in [0.05, 0.1) is 32.0 Å². The van der Waals surface area contributed by atoms with Crippen molar-refractivity contribution in [2.45, 2.75) is 37.9 Å². The lowest BCUT2D eigenvalue weighted by atomic mass is 10.3. The molecule has 1 saturated carbocycles. The number of hydrogen-bond acceptors (Lipinski definition) is 5. The van der Waals surface area contributed by atoms with Crippen molar-refractivity contribution in [2.75, 3.05) is 40.0 Å². The number of rotatable bonds is 10. The van der Waals surface area contributed by atoms with Crippen molar-refractivity contribution in [3.63, 3.8) is 0 Å². The molecule has 19 heavy (non-hydrogen) atoms. The smallest absolute Gasteiger partial charge is 0.234 e. The summed E-state index contributed by atoms with van der Waals surface area (Å²) in [5.74, 6) is -0.0963. The zero-order valence-electron chi connectivity index (χ0n) is 11.7. The number of aliphatic hydroxyl groups excluding tert-OH is 1. The molecule has 0 spiro atoms. The highest BCUT2D eigenvalue weighted by molar-refractivity contribution is 5.77. The van der Waals surface area contributed by atoms with Crippen LogP contribution >= 0.6 is 0 Å². The van der Waals surface area contributed by atoms with Gasteiger partial charge in [-0.3, -0.25) is 4.79 Å². The maximum atomic E-state index is 11.3.